The lowest BCUT2D eigenvalue weighted by Crippen LogP contribution is -2.47. The van der Waals surface area contributed by atoms with Gasteiger partial charge in [-0.15, -0.1) is 0 Å². The van der Waals surface area contributed by atoms with Crippen molar-refractivity contribution in [2.75, 3.05) is 25.0 Å². The van der Waals surface area contributed by atoms with Crippen LogP contribution in [0.1, 0.15) is 24.8 Å². The molecule has 7 nitrogen and oxygen atoms in total. The molecule has 0 radical (unpaired) electrons. The molecule has 7 heteroatoms. The van der Waals surface area contributed by atoms with Crippen molar-refractivity contribution in [1.29, 1.82) is 0 Å². The number of carbonyl (C=O) groups excluding carboxylic acids is 1. The molecule has 134 valence electrons. The fraction of sp³-hybridized carbons (Fsp3) is 0.368. The predicted octanol–water partition coefficient (Wildman–Crippen LogP) is 2.03. The highest BCUT2D eigenvalue weighted by Crippen LogP contribution is 2.43. The first-order valence-electron chi connectivity index (χ1n) is 8.85. The van der Waals surface area contributed by atoms with Crippen molar-refractivity contribution in [3.63, 3.8) is 0 Å². The highest BCUT2D eigenvalue weighted by molar-refractivity contribution is 5.87. The summed E-state index contributed by atoms with van der Waals surface area (Å²) in [5, 5.41) is 3.12. The number of fused-ring (bicyclic) bond motifs is 1. The van der Waals surface area contributed by atoms with Crippen LogP contribution >= 0.6 is 0 Å². The topological polar surface area (TPSA) is 86.8 Å². The van der Waals surface area contributed by atoms with Gasteiger partial charge in [-0.3, -0.25) is 4.79 Å². The Balaban J connectivity index is 1.40. The van der Waals surface area contributed by atoms with Gasteiger partial charge in [0.1, 0.15) is 11.8 Å². The van der Waals surface area contributed by atoms with Gasteiger partial charge in [0.2, 0.25) is 5.91 Å². The second kappa shape index (κ2) is 6.74. The lowest BCUT2D eigenvalue weighted by molar-refractivity contribution is -0.120. The van der Waals surface area contributed by atoms with Gasteiger partial charge in [-0.1, -0.05) is 36.8 Å². The summed E-state index contributed by atoms with van der Waals surface area (Å²) < 4.78 is 0. The average Bonchev–Trinajstić information content (AvgIpc) is 3.10. The molecule has 1 saturated carbocycles. The molecule has 2 heterocycles. The molecule has 3 aromatic rings. The molecule has 2 N–H and O–H groups in total. The van der Waals surface area contributed by atoms with Crippen LogP contribution in [0.4, 0.5) is 5.82 Å². The highest BCUT2D eigenvalue weighted by Gasteiger charge is 2.38. The van der Waals surface area contributed by atoms with Crippen LogP contribution < -0.4 is 10.2 Å². The zero-order valence-electron chi connectivity index (χ0n) is 14.8. The molecule has 26 heavy (non-hydrogen) atoms. The lowest BCUT2D eigenvalue weighted by Gasteiger charge is -2.42. The van der Waals surface area contributed by atoms with Crippen molar-refractivity contribution in [3.05, 3.63) is 48.5 Å². The number of aromatic nitrogens is 4. The van der Waals surface area contributed by atoms with E-state index in [-0.39, 0.29) is 17.9 Å². The van der Waals surface area contributed by atoms with Crippen LogP contribution in [0.3, 0.4) is 0 Å². The Labute approximate surface area is 151 Å². The number of hydrogen-bond donors (Lipinski definition) is 2. The number of imidazole rings is 1. The van der Waals surface area contributed by atoms with E-state index in [4.69, 9.17) is 0 Å². The van der Waals surface area contributed by atoms with Crippen molar-refractivity contribution in [3.8, 4) is 0 Å². The molecule has 1 aliphatic carbocycles. The van der Waals surface area contributed by atoms with Gasteiger partial charge >= 0.3 is 0 Å². The third kappa shape index (κ3) is 3.00. The van der Waals surface area contributed by atoms with Crippen molar-refractivity contribution in [2.45, 2.75) is 24.7 Å². The summed E-state index contributed by atoms with van der Waals surface area (Å²) in [6, 6.07) is 10.5. The number of hydrogen-bond acceptors (Lipinski definition) is 5. The Kier molecular flexibility index (Phi) is 4.28. The monoisotopic (exact) mass is 350 g/mol. The van der Waals surface area contributed by atoms with Gasteiger partial charge in [0.15, 0.2) is 11.5 Å². The van der Waals surface area contributed by atoms with Crippen LogP contribution in [0.15, 0.2) is 43.0 Å². The Morgan fingerprint density at radius 3 is 2.77 bits per heavy atom. The largest absolute Gasteiger partial charge is 0.354 e. The fourth-order valence-corrected chi connectivity index (χ4v) is 3.62. The molecule has 0 unspecified atom stereocenters. The van der Waals surface area contributed by atoms with Crippen LogP contribution in [0.5, 0.6) is 0 Å². The minimum absolute atomic E-state index is 0.0130. The summed E-state index contributed by atoms with van der Waals surface area (Å²) >= 11 is 0. The van der Waals surface area contributed by atoms with Crippen molar-refractivity contribution >= 4 is 22.9 Å². The van der Waals surface area contributed by atoms with Gasteiger partial charge in [-0.2, -0.15) is 0 Å². The molecule has 1 aliphatic rings. The van der Waals surface area contributed by atoms with E-state index in [9.17, 15) is 4.79 Å². The number of amides is 1. The van der Waals surface area contributed by atoms with Crippen LogP contribution in [0.2, 0.25) is 0 Å². The minimum atomic E-state index is -0.0130. The molecule has 0 aliphatic heterocycles. The van der Waals surface area contributed by atoms with Gasteiger partial charge in [-0.25, -0.2) is 15.0 Å². The highest BCUT2D eigenvalue weighted by atomic mass is 16.2. The number of carbonyl (C=O) groups is 1. The van der Waals surface area contributed by atoms with E-state index < -0.39 is 0 Å². The molecule has 1 amide bonds. The second-order valence-corrected chi connectivity index (χ2v) is 6.93. The van der Waals surface area contributed by atoms with Crippen molar-refractivity contribution in [2.24, 2.45) is 0 Å². The summed E-state index contributed by atoms with van der Waals surface area (Å²) in [6.07, 6.45) is 6.49. The zero-order valence-corrected chi connectivity index (χ0v) is 14.8. The maximum absolute atomic E-state index is 12.5. The summed E-state index contributed by atoms with van der Waals surface area (Å²) in [4.78, 5) is 29.8. The SMILES string of the molecule is CN(CC(=O)NCC1(c2ccccc2)CCC1)c1ncnc2nc[nH]c12. The van der Waals surface area contributed by atoms with E-state index in [1.165, 1.54) is 18.3 Å². The third-order valence-electron chi connectivity index (χ3n) is 5.27. The number of aromatic amines is 1. The smallest absolute Gasteiger partial charge is 0.239 e. The molecule has 1 aromatic carbocycles. The molecular weight excluding hydrogens is 328 g/mol. The zero-order chi connectivity index (χ0) is 18.0. The maximum atomic E-state index is 12.5. The minimum Gasteiger partial charge on any atom is -0.354 e. The molecule has 1 fully saturated rings. The first-order chi connectivity index (χ1) is 12.7. The molecular formula is C19H22N6O. The van der Waals surface area contributed by atoms with Crippen LogP contribution in [-0.4, -0.2) is 46.0 Å². The Hall–Kier alpha value is -2.96. The average molecular weight is 350 g/mol. The first-order valence-corrected chi connectivity index (χ1v) is 8.85. The van der Waals surface area contributed by atoms with Crippen molar-refractivity contribution < 1.29 is 4.79 Å². The number of benzene rings is 1. The standard InChI is InChI=1S/C19H22N6O/c1-25(18-16-17(22-12-21-16)23-13-24-18)10-15(26)20-11-19(8-5-9-19)14-6-3-2-4-7-14/h2-4,6-7,12-13H,5,8-11H2,1H3,(H,20,26)(H,21,22,23,24). The van der Waals surface area contributed by atoms with Crippen LogP contribution in [-0.2, 0) is 10.2 Å². The van der Waals surface area contributed by atoms with E-state index in [1.807, 2.05) is 18.0 Å². The molecule has 0 atom stereocenters. The molecule has 0 spiro atoms. The van der Waals surface area contributed by atoms with E-state index in [1.54, 1.807) is 6.33 Å². The van der Waals surface area contributed by atoms with Crippen LogP contribution in [0, 0.1) is 0 Å². The number of rotatable bonds is 6. The van der Waals surface area contributed by atoms with Gasteiger partial charge in [0.05, 0.1) is 12.9 Å². The van der Waals surface area contributed by atoms with Crippen LogP contribution in [0.25, 0.3) is 11.2 Å². The van der Waals surface area contributed by atoms with E-state index in [2.05, 4.69) is 49.5 Å². The Morgan fingerprint density at radius 2 is 2.04 bits per heavy atom. The van der Waals surface area contributed by atoms with E-state index in [0.717, 1.165) is 18.4 Å². The van der Waals surface area contributed by atoms with Gasteiger partial charge in [-0.05, 0) is 18.4 Å². The molecule has 4 rings (SSSR count). The second-order valence-electron chi connectivity index (χ2n) is 6.93. The summed E-state index contributed by atoms with van der Waals surface area (Å²) in [5.74, 6) is 0.657. The normalized spacial score (nSPS) is 15.4. The van der Waals surface area contributed by atoms with Crippen molar-refractivity contribution in [1.82, 2.24) is 25.3 Å². The number of H-pyrrole nitrogens is 1. The van der Waals surface area contributed by atoms with E-state index in [0.29, 0.717) is 18.0 Å². The summed E-state index contributed by atoms with van der Waals surface area (Å²) in [7, 11) is 1.85. The number of anilines is 1. The number of nitrogens with one attached hydrogen (secondary N) is 2. The Bertz CT molecular complexity index is 903. The number of nitrogens with zero attached hydrogens (tertiary/aromatic N) is 4. The number of likely N-dealkylation sites (N-methyl/N-ethyl adjacent to an activating group) is 1. The lowest BCUT2D eigenvalue weighted by atomic mass is 9.64. The quantitative estimate of drug-likeness (QED) is 0.710. The summed E-state index contributed by atoms with van der Waals surface area (Å²) in [5.41, 5.74) is 2.73. The van der Waals surface area contributed by atoms with Gasteiger partial charge < -0.3 is 15.2 Å². The van der Waals surface area contributed by atoms with E-state index >= 15 is 0 Å². The maximum Gasteiger partial charge on any atom is 0.239 e. The molecule has 0 bridgehead atoms. The van der Waals surface area contributed by atoms with Gasteiger partial charge in [0, 0.05) is 19.0 Å². The Morgan fingerprint density at radius 1 is 1.23 bits per heavy atom. The molecule has 2 aromatic heterocycles. The third-order valence-corrected chi connectivity index (χ3v) is 5.27. The predicted molar refractivity (Wildman–Crippen MR) is 99.9 cm³/mol. The van der Waals surface area contributed by atoms with Gasteiger partial charge in [0.25, 0.3) is 0 Å². The summed E-state index contributed by atoms with van der Waals surface area (Å²) in [6.45, 7) is 0.906. The first kappa shape index (κ1) is 16.5. The fourth-order valence-electron chi connectivity index (χ4n) is 3.62. The molecule has 0 saturated heterocycles.